The van der Waals surface area contributed by atoms with Gasteiger partial charge in [0.1, 0.15) is 5.82 Å². The lowest BCUT2D eigenvalue weighted by atomic mass is 9.96. The van der Waals surface area contributed by atoms with Crippen LogP contribution >= 0.6 is 15.9 Å². The van der Waals surface area contributed by atoms with Crippen LogP contribution in [0, 0.1) is 6.92 Å². The fourth-order valence-corrected chi connectivity index (χ4v) is 3.05. The van der Waals surface area contributed by atoms with Crippen LogP contribution in [0.5, 0.6) is 0 Å². The zero-order valence-corrected chi connectivity index (χ0v) is 18.1. The van der Waals surface area contributed by atoms with Gasteiger partial charge in [0.05, 0.1) is 11.4 Å². The molecule has 0 fully saturated rings. The molecule has 3 aromatic rings. The Morgan fingerprint density at radius 3 is 2.75 bits per heavy atom. The Bertz CT molecular complexity index is 971. The first-order valence-corrected chi connectivity index (χ1v) is 9.97. The Labute approximate surface area is 172 Å². The molecule has 0 aliphatic carbocycles. The molecule has 28 heavy (non-hydrogen) atoms. The van der Waals surface area contributed by atoms with E-state index in [4.69, 9.17) is 4.52 Å². The number of carbonyl (C=O) groups is 1. The van der Waals surface area contributed by atoms with Gasteiger partial charge in [-0.3, -0.25) is 4.79 Å². The minimum absolute atomic E-state index is 0.0771. The van der Waals surface area contributed by atoms with Crippen molar-refractivity contribution in [3.8, 4) is 5.69 Å². The van der Waals surface area contributed by atoms with Gasteiger partial charge in [-0.15, -0.1) is 0 Å². The summed E-state index contributed by atoms with van der Waals surface area (Å²) in [4.78, 5) is 16.8. The minimum Gasteiger partial charge on any atom is -0.339 e. The smallest absolute Gasteiger partial charge is 0.226 e. The molecule has 148 valence electrons. The Morgan fingerprint density at radius 1 is 1.29 bits per heavy atom. The molecular formula is C20H24BrN5O2. The van der Waals surface area contributed by atoms with Crippen LogP contribution in [0.2, 0.25) is 0 Å². The molecule has 1 amide bonds. The molecule has 1 N–H and O–H groups in total. The predicted octanol–water partition coefficient (Wildman–Crippen LogP) is 4.59. The molecule has 0 atom stereocenters. The van der Waals surface area contributed by atoms with Gasteiger partial charge in [-0.25, -0.2) is 4.68 Å². The molecule has 0 aliphatic rings. The monoisotopic (exact) mass is 445 g/mol. The number of aryl methyl sites for hydroxylation is 2. The van der Waals surface area contributed by atoms with Crippen molar-refractivity contribution < 1.29 is 9.32 Å². The molecular weight excluding hydrogens is 422 g/mol. The van der Waals surface area contributed by atoms with E-state index in [9.17, 15) is 4.79 Å². The molecule has 0 unspecified atom stereocenters. The van der Waals surface area contributed by atoms with Crippen LogP contribution in [0.15, 0.2) is 39.3 Å². The second kappa shape index (κ2) is 8.26. The van der Waals surface area contributed by atoms with Crippen molar-refractivity contribution in [3.63, 3.8) is 0 Å². The first-order chi connectivity index (χ1) is 13.2. The lowest BCUT2D eigenvalue weighted by molar-refractivity contribution is -0.116. The average Bonchev–Trinajstić information content (AvgIpc) is 3.21. The number of aromatic nitrogens is 4. The van der Waals surface area contributed by atoms with Gasteiger partial charge in [-0.05, 0) is 31.5 Å². The van der Waals surface area contributed by atoms with Crippen LogP contribution in [0.1, 0.15) is 51.0 Å². The van der Waals surface area contributed by atoms with Crippen molar-refractivity contribution in [2.24, 2.45) is 0 Å². The molecule has 0 saturated heterocycles. The number of hydrogen-bond donors (Lipinski definition) is 1. The quantitative estimate of drug-likeness (QED) is 0.599. The Balaban J connectivity index is 1.59. The number of carbonyl (C=O) groups excluding carboxylic acids is 1. The zero-order chi connectivity index (χ0) is 20.3. The van der Waals surface area contributed by atoms with E-state index < -0.39 is 0 Å². The van der Waals surface area contributed by atoms with Crippen molar-refractivity contribution in [2.75, 3.05) is 5.32 Å². The van der Waals surface area contributed by atoms with Gasteiger partial charge in [0.25, 0.3) is 0 Å². The molecule has 3 rings (SSSR count). The summed E-state index contributed by atoms with van der Waals surface area (Å²) >= 11 is 3.46. The molecule has 0 saturated carbocycles. The molecule has 0 spiro atoms. The number of rotatable bonds is 6. The average molecular weight is 446 g/mol. The van der Waals surface area contributed by atoms with E-state index in [2.05, 4.69) is 36.5 Å². The first-order valence-electron chi connectivity index (χ1n) is 9.18. The van der Waals surface area contributed by atoms with E-state index >= 15 is 0 Å². The number of hydrogen-bond acceptors (Lipinski definition) is 5. The minimum atomic E-state index is -0.151. The first kappa shape index (κ1) is 20.3. The summed E-state index contributed by atoms with van der Waals surface area (Å²) < 4.78 is 7.95. The number of benzene rings is 1. The van der Waals surface area contributed by atoms with Crippen molar-refractivity contribution in [2.45, 2.75) is 52.4 Å². The summed E-state index contributed by atoms with van der Waals surface area (Å²) in [6.07, 6.45) is 1.55. The van der Waals surface area contributed by atoms with Crippen LogP contribution in [-0.2, 0) is 16.6 Å². The fraction of sp³-hybridized carbons (Fsp3) is 0.400. The van der Waals surface area contributed by atoms with Crippen LogP contribution < -0.4 is 5.32 Å². The molecule has 8 heteroatoms. The van der Waals surface area contributed by atoms with Crippen LogP contribution in [0.4, 0.5) is 5.82 Å². The van der Waals surface area contributed by atoms with Crippen molar-refractivity contribution in [1.82, 2.24) is 19.9 Å². The molecule has 2 aromatic heterocycles. The lowest BCUT2D eigenvalue weighted by Gasteiger charge is -2.10. The number of halogens is 1. The Morgan fingerprint density at radius 2 is 2.07 bits per heavy atom. The highest BCUT2D eigenvalue weighted by atomic mass is 79.9. The number of nitrogens with one attached hydrogen (secondary N) is 1. The van der Waals surface area contributed by atoms with Crippen LogP contribution in [0.25, 0.3) is 5.69 Å². The van der Waals surface area contributed by atoms with Crippen molar-refractivity contribution in [3.05, 3.63) is 52.2 Å². The molecule has 0 aliphatic heterocycles. The third-order valence-electron chi connectivity index (χ3n) is 4.09. The third-order valence-corrected chi connectivity index (χ3v) is 4.58. The highest BCUT2D eigenvalue weighted by molar-refractivity contribution is 9.10. The highest BCUT2D eigenvalue weighted by Gasteiger charge is 2.21. The number of amides is 1. The largest absolute Gasteiger partial charge is 0.339 e. The van der Waals surface area contributed by atoms with E-state index in [1.54, 1.807) is 4.68 Å². The van der Waals surface area contributed by atoms with Gasteiger partial charge in [-0.2, -0.15) is 10.1 Å². The summed E-state index contributed by atoms with van der Waals surface area (Å²) in [5, 5.41) is 11.4. The summed E-state index contributed by atoms with van der Waals surface area (Å²) in [5.41, 5.74) is 1.55. The number of nitrogens with zero attached hydrogens (tertiary/aromatic N) is 4. The van der Waals surface area contributed by atoms with Gasteiger partial charge in [-0.1, -0.05) is 47.9 Å². The van der Waals surface area contributed by atoms with Crippen LogP contribution in [0.3, 0.4) is 0 Å². The van der Waals surface area contributed by atoms with E-state index in [1.165, 1.54) is 0 Å². The summed E-state index contributed by atoms with van der Waals surface area (Å²) in [6, 6.07) is 9.62. The predicted molar refractivity (Wildman–Crippen MR) is 111 cm³/mol. The van der Waals surface area contributed by atoms with E-state index in [1.807, 2.05) is 58.0 Å². The molecule has 0 bridgehead atoms. The van der Waals surface area contributed by atoms with Gasteiger partial charge in [0.2, 0.25) is 11.8 Å². The Kier molecular flexibility index (Phi) is 5.98. The number of anilines is 1. The van der Waals surface area contributed by atoms with Crippen molar-refractivity contribution in [1.29, 1.82) is 0 Å². The fourth-order valence-electron chi connectivity index (χ4n) is 2.66. The highest BCUT2D eigenvalue weighted by Crippen LogP contribution is 2.21. The Hall–Kier alpha value is -2.48. The normalized spacial score (nSPS) is 11.6. The van der Waals surface area contributed by atoms with Crippen molar-refractivity contribution >= 4 is 27.7 Å². The van der Waals surface area contributed by atoms with E-state index in [0.717, 1.165) is 15.9 Å². The summed E-state index contributed by atoms with van der Waals surface area (Å²) in [6.45, 7) is 8.00. The lowest BCUT2D eigenvalue weighted by Crippen LogP contribution is -2.15. The maximum atomic E-state index is 12.4. The SMILES string of the molecule is Cc1cc(NC(=O)CCCc2nc(C(C)(C)C)no2)n(-c2cccc(Br)c2)n1. The standard InChI is InChI=1S/C20H24BrN5O2/c1-13-11-16(26(24-13)15-8-5-7-14(21)12-15)22-17(27)9-6-10-18-23-19(25-28-18)20(2,3)4/h5,7-8,11-12H,6,9-10H2,1-4H3,(H,22,27). The third kappa shape index (κ3) is 5.07. The van der Waals surface area contributed by atoms with Crippen LogP contribution in [-0.4, -0.2) is 25.8 Å². The second-order valence-corrected chi connectivity index (χ2v) is 8.64. The summed E-state index contributed by atoms with van der Waals surface area (Å²) in [7, 11) is 0. The maximum absolute atomic E-state index is 12.4. The molecule has 7 nitrogen and oxygen atoms in total. The van der Waals surface area contributed by atoms with E-state index in [-0.39, 0.29) is 11.3 Å². The second-order valence-electron chi connectivity index (χ2n) is 7.73. The topological polar surface area (TPSA) is 85.8 Å². The van der Waals surface area contributed by atoms with Gasteiger partial charge >= 0.3 is 0 Å². The molecule has 2 heterocycles. The maximum Gasteiger partial charge on any atom is 0.226 e. The summed E-state index contributed by atoms with van der Waals surface area (Å²) in [5.74, 6) is 1.81. The van der Waals surface area contributed by atoms with E-state index in [0.29, 0.717) is 36.8 Å². The van der Waals surface area contributed by atoms with Gasteiger partial charge < -0.3 is 9.84 Å². The molecule has 0 radical (unpaired) electrons. The molecule has 1 aromatic carbocycles. The van der Waals surface area contributed by atoms with Gasteiger partial charge in [0.15, 0.2) is 5.82 Å². The zero-order valence-electron chi connectivity index (χ0n) is 16.5. The van der Waals surface area contributed by atoms with Gasteiger partial charge in [0, 0.05) is 28.8 Å².